The summed E-state index contributed by atoms with van der Waals surface area (Å²) in [4.78, 5) is 23.0. The maximum atomic E-state index is 11.6. The van der Waals surface area contributed by atoms with Gasteiger partial charge in [-0.1, -0.05) is 0 Å². The Kier molecular flexibility index (Phi) is 4.95. The Labute approximate surface area is 107 Å². The number of carbonyl (C=O) groups is 2. The first-order valence-electron chi connectivity index (χ1n) is 6.10. The van der Waals surface area contributed by atoms with Crippen LogP contribution in [0.15, 0.2) is 0 Å². The first kappa shape index (κ1) is 14.8. The van der Waals surface area contributed by atoms with Crippen molar-refractivity contribution in [2.75, 3.05) is 20.2 Å². The molecule has 1 fully saturated rings. The zero-order chi connectivity index (χ0) is 13.8. The van der Waals surface area contributed by atoms with Crippen LogP contribution < -0.4 is 10.6 Å². The molecule has 6 heteroatoms. The molecule has 2 unspecified atom stereocenters. The molecule has 6 nitrogen and oxygen atoms in total. The van der Waals surface area contributed by atoms with Crippen molar-refractivity contribution in [3.8, 4) is 0 Å². The van der Waals surface area contributed by atoms with Gasteiger partial charge in [0, 0.05) is 19.1 Å². The highest BCUT2D eigenvalue weighted by Crippen LogP contribution is 2.13. The highest BCUT2D eigenvalue weighted by Gasteiger charge is 2.29. The highest BCUT2D eigenvalue weighted by atomic mass is 16.6. The third-order valence-electron chi connectivity index (χ3n) is 2.61. The predicted molar refractivity (Wildman–Crippen MR) is 66.2 cm³/mol. The molecule has 0 aromatic heterocycles. The normalized spacial score (nSPS) is 24.2. The number of alkyl carbamates (subject to hydrolysis) is 1. The minimum Gasteiger partial charge on any atom is -0.469 e. The molecular formula is C12H22N2O4. The van der Waals surface area contributed by atoms with E-state index in [1.807, 2.05) is 20.8 Å². The molecule has 2 atom stereocenters. The van der Waals surface area contributed by atoms with Crippen LogP contribution in [0.5, 0.6) is 0 Å². The second-order valence-electron chi connectivity index (χ2n) is 5.46. The summed E-state index contributed by atoms with van der Waals surface area (Å²) in [5, 5.41) is 5.85. The van der Waals surface area contributed by atoms with Crippen LogP contribution in [-0.4, -0.2) is 43.9 Å². The van der Waals surface area contributed by atoms with E-state index in [2.05, 4.69) is 10.6 Å². The largest absolute Gasteiger partial charge is 0.469 e. The van der Waals surface area contributed by atoms with Crippen molar-refractivity contribution < 1.29 is 19.1 Å². The summed E-state index contributed by atoms with van der Waals surface area (Å²) in [6.07, 6.45) is 0.110. The minimum atomic E-state index is -0.520. The van der Waals surface area contributed by atoms with E-state index in [-0.39, 0.29) is 17.9 Å². The van der Waals surface area contributed by atoms with Crippen molar-refractivity contribution >= 4 is 12.1 Å². The van der Waals surface area contributed by atoms with Gasteiger partial charge in [-0.25, -0.2) is 4.79 Å². The van der Waals surface area contributed by atoms with E-state index in [4.69, 9.17) is 9.47 Å². The number of amides is 1. The van der Waals surface area contributed by atoms with E-state index in [9.17, 15) is 9.59 Å². The molecule has 0 saturated carbocycles. The molecule has 1 aliphatic rings. The summed E-state index contributed by atoms with van der Waals surface area (Å²) in [7, 11) is 1.37. The second kappa shape index (κ2) is 6.04. The third-order valence-corrected chi connectivity index (χ3v) is 2.61. The van der Waals surface area contributed by atoms with Crippen LogP contribution in [0.4, 0.5) is 4.79 Å². The smallest absolute Gasteiger partial charge is 0.407 e. The van der Waals surface area contributed by atoms with E-state index >= 15 is 0 Å². The standard InChI is InChI=1S/C12H22N2O4/c1-12(2,3)18-11(16)14-9-5-8(6-13-7-9)10(15)17-4/h8-9,13H,5-7H2,1-4H3,(H,14,16). The lowest BCUT2D eigenvalue weighted by Crippen LogP contribution is -2.51. The number of carbonyl (C=O) groups excluding carboxylic acids is 2. The van der Waals surface area contributed by atoms with E-state index < -0.39 is 11.7 Å². The van der Waals surface area contributed by atoms with Gasteiger partial charge in [0.05, 0.1) is 13.0 Å². The molecule has 0 radical (unpaired) electrons. The molecule has 0 spiro atoms. The molecular weight excluding hydrogens is 236 g/mol. The maximum Gasteiger partial charge on any atom is 0.407 e. The minimum absolute atomic E-state index is 0.113. The SMILES string of the molecule is COC(=O)C1CNCC(NC(=O)OC(C)(C)C)C1. The van der Waals surface area contributed by atoms with Gasteiger partial charge >= 0.3 is 12.1 Å². The Morgan fingerprint density at radius 1 is 1.28 bits per heavy atom. The molecule has 1 amide bonds. The van der Waals surface area contributed by atoms with Gasteiger partial charge in [-0.3, -0.25) is 4.79 Å². The fourth-order valence-electron chi connectivity index (χ4n) is 1.87. The summed E-state index contributed by atoms with van der Waals surface area (Å²) < 4.78 is 9.87. The van der Waals surface area contributed by atoms with Crippen molar-refractivity contribution in [1.29, 1.82) is 0 Å². The van der Waals surface area contributed by atoms with Gasteiger partial charge in [-0.15, -0.1) is 0 Å². The monoisotopic (exact) mass is 258 g/mol. The van der Waals surface area contributed by atoms with Crippen LogP contribution in [0.25, 0.3) is 0 Å². The van der Waals surface area contributed by atoms with Gasteiger partial charge in [0.25, 0.3) is 0 Å². The third kappa shape index (κ3) is 4.91. The summed E-state index contributed by atoms with van der Waals surface area (Å²) in [6, 6.07) is -0.113. The fourth-order valence-corrected chi connectivity index (χ4v) is 1.87. The van der Waals surface area contributed by atoms with Crippen molar-refractivity contribution in [2.45, 2.75) is 38.8 Å². The van der Waals surface area contributed by atoms with Crippen LogP contribution in [0.1, 0.15) is 27.2 Å². The Hall–Kier alpha value is -1.30. The second-order valence-corrected chi connectivity index (χ2v) is 5.46. The topological polar surface area (TPSA) is 76.7 Å². The number of methoxy groups -OCH3 is 1. The van der Waals surface area contributed by atoms with Crippen LogP contribution in [0.2, 0.25) is 0 Å². The van der Waals surface area contributed by atoms with E-state index in [0.717, 1.165) is 0 Å². The predicted octanol–water partition coefficient (Wildman–Crippen LogP) is 0.662. The quantitative estimate of drug-likeness (QED) is 0.712. The van der Waals surface area contributed by atoms with Crippen molar-refractivity contribution in [3.63, 3.8) is 0 Å². The zero-order valence-corrected chi connectivity index (χ0v) is 11.4. The van der Waals surface area contributed by atoms with Crippen molar-refractivity contribution in [2.24, 2.45) is 5.92 Å². The van der Waals surface area contributed by atoms with Gasteiger partial charge in [-0.2, -0.15) is 0 Å². The molecule has 1 heterocycles. The number of hydrogen-bond donors (Lipinski definition) is 2. The zero-order valence-electron chi connectivity index (χ0n) is 11.4. The van der Waals surface area contributed by atoms with Crippen molar-refractivity contribution in [1.82, 2.24) is 10.6 Å². The van der Waals surface area contributed by atoms with Gasteiger partial charge < -0.3 is 20.1 Å². The summed E-state index contributed by atoms with van der Waals surface area (Å²) in [5.41, 5.74) is -0.520. The first-order chi connectivity index (χ1) is 8.31. The Bertz CT molecular complexity index is 312. The molecule has 2 N–H and O–H groups in total. The van der Waals surface area contributed by atoms with Gasteiger partial charge in [-0.05, 0) is 27.2 Å². The van der Waals surface area contributed by atoms with Crippen LogP contribution in [-0.2, 0) is 14.3 Å². The molecule has 1 aliphatic heterocycles. The number of esters is 1. The maximum absolute atomic E-state index is 11.6. The summed E-state index contributed by atoms with van der Waals surface area (Å²) in [5.74, 6) is -0.470. The van der Waals surface area contributed by atoms with E-state index in [1.165, 1.54) is 7.11 Å². The summed E-state index contributed by atoms with van der Waals surface area (Å²) >= 11 is 0. The first-order valence-corrected chi connectivity index (χ1v) is 6.10. The Balaban J connectivity index is 2.43. The molecule has 18 heavy (non-hydrogen) atoms. The molecule has 0 bridgehead atoms. The average molecular weight is 258 g/mol. The van der Waals surface area contributed by atoms with Gasteiger partial charge in [0.2, 0.25) is 0 Å². The molecule has 0 aromatic rings. The molecule has 0 aliphatic carbocycles. The van der Waals surface area contributed by atoms with Crippen LogP contribution in [0, 0.1) is 5.92 Å². The number of hydrogen-bond acceptors (Lipinski definition) is 5. The average Bonchev–Trinajstić information content (AvgIpc) is 2.25. The van der Waals surface area contributed by atoms with Crippen molar-refractivity contribution in [3.05, 3.63) is 0 Å². The lowest BCUT2D eigenvalue weighted by atomic mass is 9.96. The number of nitrogens with one attached hydrogen (secondary N) is 2. The molecule has 104 valence electrons. The van der Waals surface area contributed by atoms with E-state index in [0.29, 0.717) is 19.5 Å². The lowest BCUT2D eigenvalue weighted by Gasteiger charge is -2.30. The molecule has 1 saturated heterocycles. The van der Waals surface area contributed by atoms with E-state index in [1.54, 1.807) is 0 Å². The molecule has 1 rings (SSSR count). The Morgan fingerprint density at radius 2 is 1.94 bits per heavy atom. The van der Waals surface area contributed by atoms with Gasteiger partial charge in [0.15, 0.2) is 0 Å². The number of rotatable bonds is 2. The highest BCUT2D eigenvalue weighted by molar-refractivity contribution is 5.73. The van der Waals surface area contributed by atoms with Crippen LogP contribution >= 0.6 is 0 Å². The fraction of sp³-hybridized carbons (Fsp3) is 0.833. The Morgan fingerprint density at radius 3 is 2.50 bits per heavy atom. The number of ether oxygens (including phenoxy) is 2. The summed E-state index contributed by atoms with van der Waals surface area (Å²) in [6.45, 7) is 6.64. The van der Waals surface area contributed by atoms with Gasteiger partial charge in [0.1, 0.15) is 5.60 Å². The lowest BCUT2D eigenvalue weighted by molar-refractivity contribution is -0.146. The van der Waals surface area contributed by atoms with Crippen LogP contribution in [0.3, 0.4) is 0 Å². The molecule has 0 aromatic carbocycles. The number of piperidine rings is 1.